The lowest BCUT2D eigenvalue weighted by molar-refractivity contribution is 0.629. The molecule has 0 saturated carbocycles. The van der Waals surface area contributed by atoms with Crippen LogP contribution in [0.1, 0.15) is 5.69 Å². The molecule has 0 saturated heterocycles. The first kappa shape index (κ1) is 15.7. The van der Waals surface area contributed by atoms with Crippen molar-refractivity contribution in [1.29, 1.82) is 0 Å². The Hall–Kier alpha value is -2.84. The fraction of sp³-hybridized carbons (Fsp3) is 0.125. The smallest absolute Gasteiger partial charge is 0.223 e. The Labute approximate surface area is 146 Å². The summed E-state index contributed by atoms with van der Waals surface area (Å²) in [5.41, 5.74) is 8.35. The summed E-state index contributed by atoms with van der Waals surface area (Å²) in [6.45, 7) is 0.344. The molecule has 0 radical (unpaired) electrons. The minimum absolute atomic E-state index is 0.340. The summed E-state index contributed by atoms with van der Waals surface area (Å²) >= 11 is 6.54. The van der Waals surface area contributed by atoms with Gasteiger partial charge in [0, 0.05) is 11.9 Å². The van der Waals surface area contributed by atoms with Crippen LogP contribution in [0.3, 0.4) is 0 Å². The Bertz CT molecular complexity index is 1070. The van der Waals surface area contributed by atoms with E-state index in [0.29, 0.717) is 28.5 Å². The molecule has 0 unspecified atom stereocenters. The zero-order valence-electron chi connectivity index (χ0n) is 13.2. The minimum atomic E-state index is -0.373. The highest BCUT2D eigenvalue weighted by molar-refractivity contribution is 6.38. The average Bonchev–Trinajstić information content (AvgIpc) is 3.16. The summed E-state index contributed by atoms with van der Waals surface area (Å²) in [6.07, 6.45) is 1.68. The first-order valence-corrected chi connectivity index (χ1v) is 7.85. The number of benzene rings is 1. The number of nitrogens with zero attached hydrogens (tertiary/aromatic N) is 6. The average molecular weight is 358 g/mol. The van der Waals surface area contributed by atoms with E-state index in [2.05, 4.69) is 20.4 Å². The molecule has 7 nitrogen and oxygen atoms in total. The number of hydrogen-bond donors (Lipinski definition) is 1. The van der Waals surface area contributed by atoms with Crippen LogP contribution in [0.4, 0.5) is 4.39 Å². The molecular formula is C16H13ClFN7. The molecule has 1 aromatic carbocycles. The molecule has 0 aliphatic heterocycles. The van der Waals surface area contributed by atoms with Crippen molar-refractivity contribution in [2.45, 2.75) is 6.54 Å². The molecule has 4 rings (SSSR count). The molecule has 0 aliphatic rings. The lowest BCUT2D eigenvalue weighted by Gasteiger charge is -2.09. The van der Waals surface area contributed by atoms with Gasteiger partial charge in [-0.3, -0.25) is 4.98 Å². The number of nitrogens with two attached hydrogens (primary N) is 1. The third-order valence-electron chi connectivity index (χ3n) is 3.86. The zero-order valence-corrected chi connectivity index (χ0v) is 13.9. The highest BCUT2D eigenvalue weighted by atomic mass is 35.5. The lowest BCUT2D eigenvalue weighted by Crippen LogP contribution is -2.03. The van der Waals surface area contributed by atoms with Crippen molar-refractivity contribution >= 4 is 22.5 Å². The SMILES string of the molecule is Cn1nnc(-c2c(Cl)c3cc(F)ccc3n2-c2ccc(CN)nc2)n1. The highest BCUT2D eigenvalue weighted by Crippen LogP contribution is 2.38. The number of fused-ring (bicyclic) bond motifs is 1. The summed E-state index contributed by atoms with van der Waals surface area (Å²) in [5.74, 6) is -0.0335. The largest absolute Gasteiger partial charge is 0.325 e. The normalized spacial score (nSPS) is 11.4. The summed E-state index contributed by atoms with van der Waals surface area (Å²) < 4.78 is 15.6. The van der Waals surface area contributed by atoms with E-state index >= 15 is 0 Å². The van der Waals surface area contributed by atoms with Crippen molar-refractivity contribution in [3.63, 3.8) is 0 Å². The maximum Gasteiger partial charge on any atom is 0.223 e. The molecular weight excluding hydrogens is 345 g/mol. The van der Waals surface area contributed by atoms with E-state index in [0.717, 1.165) is 16.9 Å². The van der Waals surface area contributed by atoms with E-state index in [1.165, 1.54) is 16.9 Å². The van der Waals surface area contributed by atoms with Crippen molar-refractivity contribution in [3.05, 3.63) is 53.1 Å². The van der Waals surface area contributed by atoms with Gasteiger partial charge in [0.2, 0.25) is 5.82 Å². The fourth-order valence-corrected chi connectivity index (χ4v) is 3.06. The van der Waals surface area contributed by atoms with Gasteiger partial charge in [0.1, 0.15) is 11.5 Å². The van der Waals surface area contributed by atoms with Crippen LogP contribution in [-0.4, -0.2) is 29.8 Å². The zero-order chi connectivity index (χ0) is 17.6. The molecule has 9 heteroatoms. The van der Waals surface area contributed by atoms with Gasteiger partial charge in [-0.15, -0.1) is 10.2 Å². The molecule has 3 aromatic heterocycles. The lowest BCUT2D eigenvalue weighted by atomic mass is 10.2. The van der Waals surface area contributed by atoms with E-state index in [4.69, 9.17) is 17.3 Å². The van der Waals surface area contributed by atoms with E-state index in [9.17, 15) is 4.39 Å². The Kier molecular flexibility index (Phi) is 3.70. The summed E-state index contributed by atoms with van der Waals surface area (Å²) in [7, 11) is 1.66. The van der Waals surface area contributed by atoms with Crippen LogP contribution >= 0.6 is 11.6 Å². The maximum atomic E-state index is 13.7. The number of halogens is 2. The highest BCUT2D eigenvalue weighted by Gasteiger charge is 2.22. The number of hydrogen-bond acceptors (Lipinski definition) is 5. The second-order valence-corrected chi connectivity index (χ2v) is 5.85. The number of aromatic nitrogens is 6. The van der Waals surface area contributed by atoms with Gasteiger partial charge in [0.05, 0.1) is 35.2 Å². The third kappa shape index (κ3) is 2.55. The summed E-state index contributed by atoms with van der Waals surface area (Å²) in [6, 6.07) is 8.12. The van der Waals surface area contributed by atoms with Crippen LogP contribution in [0.25, 0.3) is 28.1 Å². The topological polar surface area (TPSA) is 87.4 Å². The third-order valence-corrected chi connectivity index (χ3v) is 4.25. The second kappa shape index (κ2) is 5.91. The number of aryl methyl sites for hydroxylation is 1. The summed E-state index contributed by atoms with van der Waals surface area (Å²) in [4.78, 5) is 5.66. The monoisotopic (exact) mass is 357 g/mol. The van der Waals surface area contributed by atoms with Crippen molar-refractivity contribution in [3.8, 4) is 17.2 Å². The molecule has 0 aliphatic carbocycles. The summed E-state index contributed by atoms with van der Waals surface area (Å²) in [5, 5.41) is 13.1. The van der Waals surface area contributed by atoms with Gasteiger partial charge in [-0.25, -0.2) is 4.39 Å². The van der Waals surface area contributed by atoms with Gasteiger partial charge in [-0.05, 0) is 35.5 Å². The molecule has 0 spiro atoms. The van der Waals surface area contributed by atoms with Gasteiger partial charge in [0.15, 0.2) is 0 Å². The molecule has 4 aromatic rings. The van der Waals surface area contributed by atoms with Crippen LogP contribution < -0.4 is 5.73 Å². The Morgan fingerprint density at radius 2 is 2.08 bits per heavy atom. The fourth-order valence-electron chi connectivity index (χ4n) is 2.74. The predicted octanol–water partition coefficient (Wildman–Crippen LogP) is 2.47. The second-order valence-electron chi connectivity index (χ2n) is 5.47. The predicted molar refractivity (Wildman–Crippen MR) is 91.7 cm³/mol. The van der Waals surface area contributed by atoms with Gasteiger partial charge >= 0.3 is 0 Å². The Morgan fingerprint density at radius 3 is 2.72 bits per heavy atom. The van der Waals surface area contributed by atoms with Crippen LogP contribution in [0, 0.1) is 5.82 Å². The van der Waals surface area contributed by atoms with Crippen molar-refractivity contribution in [2.24, 2.45) is 12.8 Å². The van der Waals surface area contributed by atoms with E-state index < -0.39 is 0 Å². The first-order chi connectivity index (χ1) is 12.1. The van der Waals surface area contributed by atoms with Crippen LogP contribution in [0.15, 0.2) is 36.5 Å². The van der Waals surface area contributed by atoms with E-state index in [1.807, 2.05) is 16.7 Å². The molecule has 0 atom stereocenters. The van der Waals surface area contributed by atoms with Crippen LogP contribution in [0.2, 0.25) is 5.02 Å². The molecule has 25 heavy (non-hydrogen) atoms. The van der Waals surface area contributed by atoms with Crippen molar-refractivity contribution in [2.75, 3.05) is 0 Å². The van der Waals surface area contributed by atoms with Crippen molar-refractivity contribution < 1.29 is 4.39 Å². The van der Waals surface area contributed by atoms with Gasteiger partial charge in [-0.1, -0.05) is 11.6 Å². The Morgan fingerprint density at radius 1 is 1.24 bits per heavy atom. The molecule has 126 valence electrons. The molecule has 0 fully saturated rings. The number of tetrazole rings is 1. The quantitative estimate of drug-likeness (QED) is 0.608. The van der Waals surface area contributed by atoms with Gasteiger partial charge < -0.3 is 10.3 Å². The van der Waals surface area contributed by atoms with Gasteiger partial charge in [-0.2, -0.15) is 4.80 Å². The minimum Gasteiger partial charge on any atom is -0.325 e. The van der Waals surface area contributed by atoms with Crippen LogP contribution in [0.5, 0.6) is 0 Å². The number of pyridine rings is 1. The first-order valence-electron chi connectivity index (χ1n) is 7.47. The van der Waals surface area contributed by atoms with Gasteiger partial charge in [0.25, 0.3) is 0 Å². The van der Waals surface area contributed by atoms with E-state index in [-0.39, 0.29) is 5.82 Å². The molecule has 3 heterocycles. The Balaban J connectivity index is 2.06. The maximum absolute atomic E-state index is 13.7. The number of rotatable bonds is 3. The molecule has 0 amide bonds. The molecule has 0 bridgehead atoms. The molecule has 2 N–H and O–H groups in total. The van der Waals surface area contributed by atoms with E-state index in [1.54, 1.807) is 19.3 Å². The van der Waals surface area contributed by atoms with Crippen molar-refractivity contribution in [1.82, 2.24) is 29.8 Å². The standard InChI is InChI=1S/C16H13ClFN7/c1-24-22-16(21-23-24)15-14(17)12-6-9(18)2-5-13(12)25(15)11-4-3-10(7-19)20-8-11/h2-6,8H,7,19H2,1H3. The van der Waals surface area contributed by atoms with Crippen LogP contribution in [-0.2, 0) is 13.6 Å².